The van der Waals surface area contributed by atoms with Gasteiger partial charge in [0.1, 0.15) is 5.82 Å². The van der Waals surface area contributed by atoms with Crippen LogP contribution in [0.15, 0.2) is 18.2 Å². The molecule has 0 saturated heterocycles. The molecule has 0 aliphatic rings. The van der Waals surface area contributed by atoms with Crippen LogP contribution in [0.3, 0.4) is 0 Å². The van der Waals surface area contributed by atoms with E-state index in [4.69, 9.17) is 8.85 Å². The lowest BCUT2D eigenvalue weighted by Crippen LogP contribution is -2.19. The third-order valence-corrected chi connectivity index (χ3v) is 4.26. The van der Waals surface area contributed by atoms with Gasteiger partial charge in [0.05, 0.1) is 16.8 Å². The summed E-state index contributed by atoms with van der Waals surface area (Å²) in [6.45, 7) is 8.30. The van der Waals surface area contributed by atoms with Crippen LogP contribution in [0.5, 0.6) is 5.88 Å². The summed E-state index contributed by atoms with van der Waals surface area (Å²) in [5.74, 6) is 1.90. The van der Waals surface area contributed by atoms with Crippen LogP contribution in [-0.4, -0.2) is 43.1 Å². The standard InChI is InChI=1S/C18H26N8O/c1-6-12(7-2)19-15-10-13(20-14-8-9-16(27-5)22-21-14)18-24-23-17(11(3)4)26(18)25-15/h8-12H,6-7H2,1-5H3,(H,19,25)(H,20,21)/i5D3. The average molecular weight is 373 g/mol. The summed E-state index contributed by atoms with van der Waals surface area (Å²) in [5.41, 5.74) is 1.20. The number of fused-ring (bicyclic) bond motifs is 1. The van der Waals surface area contributed by atoms with Gasteiger partial charge in [0, 0.05) is 24.1 Å². The lowest BCUT2D eigenvalue weighted by Gasteiger charge is -2.17. The van der Waals surface area contributed by atoms with E-state index in [9.17, 15) is 0 Å². The van der Waals surface area contributed by atoms with Crippen molar-refractivity contribution in [2.45, 2.75) is 52.5 Å². The van der Waals surface area contributed by atoms with Crippen LogP contribution < -0.4 is 15.4 Å². The van der Waals surface area contributed by atoms with Gasteiger partial charge in [0.25, 0.3) is 0 Å². The number of anilines is 3. The minimum absolute atomic E-state index is 0.0823. The molecule has 0 aliphatic carbocycles. The highest BCUT2D eigenvalue weighted by Gasteiger charge is 2.17. The van der Waals surface area contributed by atoms with Crippen molar-refractivity contribution in [3.63, 3.8) is 0 Å². The van der Waals surface area contributed by atoms with Gasteiger partial charge < -0.3 is 15.4 Å². The van der Waals surface area contributed by atoms with Gasteiger partial charge in [0.15, 0.2) is 11.6 Å². The molecule has 0 radical (unpaired) electrons. The van der Waals surface area contributed by atoms with E-state index >= 15 is 0 Å². The van der Waals surface area contributed by atoms with E-state index in [1.807, 2.05) is 19.9 Å². The summed E-state index contributed by atoms with van der Waals surface area (Å²) in [6, 6.07) is 5.16. The molecular weight excluding hydrogens is 344 g/mol. The van der Waals surface area contributed by atoms with Gasteiger partial charge >= 0.3 is 0 Å². The van der Waals surface area contributed by atoms with Gasteiger partial charge in [-0.2, -0.15) is 4.52 Å². The summed E-state index contributed by atoms with van der Waals surface area (Å²) >= 11 is 0. The van der Waals surface area contributed by atoms with Crippen LogP contribution in [0.1, 0.15) is 56.4 Å². The lowest BCUT2D eigenvalue weighted by molar-refractivity contribution is 0.392. The van der Waals surface area contributed by atoms with Crippen molar-refractivity contribution < 1.29 is 8.85 Å². The Labute approximate surface area is 162 Å². The summed E-state index contributed by atoms with van der Waals surface area (Å²) in [6.07, 6.45) is 1.93. The fraction of sp³-hybridized carbons (Fsp3) is 0.500. The first-order chi connectivity index (χ1) is 14.2. The average Bonchev–Trinajstić information content (AvgIpc) is 3.11. The molecule has 27 heavy (non-hydrogen) atoms. The van der Waals surface area contributed by atoms with Gasteiger partial charge in [-0.15, -0.1) is 25.5 Å². The lowest BCUT2D eigenvalue weighted by atomic mass is 10.2. The SMILES string of the molecule is [2H]C([2H])([2H])Oc1ccc(Nc2cc(NC(CC)CC)nn3c(C(C)C)nnc23)nn1. The number of aromatic nitrogens is 6. The maximum Gasteiger partial charge on any atom is 0.233 e. The molecule has 144 valence electrons. The van der Waals surface area contributed by atoms with Crippen molar-refractivity contribution >= 4 is 23.0 Å². The Hall–Kier alpha value is -2.97. The van der Waals surface area contributed by atoms with Gasteiger partial charge in [-0.05, 0) is 18.9 Å². The monoisotopic (exact) mass is 373 g/mol. The smallest absolute Gasteiger partial charge is 0.233 e. The van der Waals surface area contributed by atoms with E-state index < -0.39 is 7.04 Å². The molecule has 0 aliphatic heterocycles. The molecule has 9 heteroatoms. The number of hydrogen-bond acceptors (Lipinski definition) is 8. The first kappa shape index (κ1) is 15.1. The predicted octanol–water partition coefficient (Wildman–Crippen LogP) is 3.39. The Morgan fingerprint density at radius 2 is 1.93 bits per heavy atom. The number of ether oxygens (including phenoxy) is 1. The second-order valence-corrected chi connectivity index (χ2v) is 6.53. The molecule has 2 N–H and O–H groups in total. The molecule has 0 fully saturated rings. The van der Waals surface area contributed by atoms with E-state index in [0.717, 1.165) is 18.7 Å². The quantitative estimate of drug-likeness (QED) is 0.619. The zero-order valence-corrected chi connectivity index (χ0v) is 15.9. The van der Waals surface area contributed by atoms with Gasteiger partial charge in [0.2, 0.25) is 11.5 Å². The third kappa shape index (κ3) is 4.07. The van der Waals surface area contributed by atoms with Crippen molar-refractivity contribution in [3.8, 4) is 5.88 Å². The van der Waals surface area contributed by atoms with Gasteiger partial charge in [-0.25, -0.2) is 0 Å². The Morgan fingerprint density at radius 3 is 2.56 bits per heavy atom. The van der Waals surface area contributed by atoms with Gasteiger partial charge in [-0.3, -0.25) is 0 Å². The van der Waals surface area contributed by atoms with Crippen molar-refractivity contribution in [1.82, 2.24) is 30.0 Å². The highest BCUT2D eigenvalue weighted by Crippen LogP contribution is 2.25. The molecule has 0 spiro atoms. The van der Waals surface area contributed by atoms with E-state index in [0.29, 0.717) is 23.0 Å². The molecule has 0 atom stereocenters. The molecule has 9 nitrogen and oxygen atoms in total. The van der Waals surface area contributed by atoms with Crippen LogP contribution in [-0.2, 0) is 0 Å². The minimum atomic E-state index is -2.58. The normalized spacial score (nSPS) is 13.5. The number of hydrogen-bond donors (Lipinski definition) is 2. The number of methoxy groups -OCH3 is 1. The fourth-order valence-corrected chi connectivity index (χ4v) is 2.70. The zero-order chi connectivity index (χ0) is 21.9. The summed E-state index contributed by atoms with van der Waals surface area (Å²) < 4.78 is 27.9. The zero-order valence-electron chi connectivity index (χ0n) is 18.9. The van der Waals surface area contributed by atoms with Crippen LogP contribution in [0.25, 0.3) is 5.65 Å². The van der Waals surface area contributed by atoms with Crippen LogP contribution in [0.2, 0.25) is 0 Å². The molecule has 0 aromatic carbocycles. The Bertz CT molecular complexity index is 984. The van der Waals surface area contributed by atoms with E-state index in [2.05, 4.69) is 50.0 Å². The first-order valence-corrected chi connectivity index (χ1v) is 9.02. The first-order valence-electron chi connectivity index (χ1n) is 10.5. The molecule has 0 unspecified atom stereocenters. The molecule has 3 rings (SSSR count). The van der Waals surface area contributed by atoms with Crippen molar-refractivity contribution in [1.29, 1.82) is 0 Å². The summed E-state index contributed by atoms with van der Waals surface area (Å²) in [4.78, 5) is 0. The second kappa shape index (κ2) is 8.15. The van der Waals surface area contributed by atoms with Crippen molar-refractivity contribution in [2.24, 2.45) is 0 Å². The third-order valence-electron chi connectivity index (χ3n) is 4.26. The largest absolute Gasteiger partial charge is 0.480 e. The second-order valence-electron chi connectivity index (χ2n) is 6.53. The Balaban J connectivity index is 1.95. The predicted molar refractivity (Wildman–Crippen MR) is 105 cm³/mol. The highest BCUT2D eigenvalue weighted by atomic mass is 16.5. The molecule has 3 aromatic heterocycles. The van der Waals surface area contributed by atoms with Crippen molar-refractivity contribution in [2.75, 3.05) is 17.7 Å². The fourth-order valence-electron chi connectivity index (χ4n) is 2.70. The number of nitrogens with zero attached hydrogens (tertiary/aromatic N) is 6. The van der Waals surface area contributed by atoms with Crippen LogP contribution >= 0.6 is 0 Å². The number of rotatable bonds is 8. The van der Waals surface area contributed by atoms with Crippen LogP contribution in [0, 0.1) is 0 Å². The number of nitrogens with one attached hydrogen (secondary N) is 2. The van der Waals surface area contributed by atoms with Crippen molar-refractivity contribution in [3.05, 3.63) is 24.0 Å². The summed E-state index contributed by atoms with van der Waals surface area (Å²) in [5, 5.41) is 27.6. The molecule has 0 bridgehead atoms. The molecule has 0 saturated carbocycles. The maximum absolute atomic E-state index is 7.14. The summed E-state index contributed by atoms with van der Waals surface area (Å²) in [7, 11) is -2.58. The van der Waals surface area contributed by atoms with E-state index in [1.54, 1.807) is 10.6 Å². The minimum Gasteiger partial charge on any atom is -0.480 e. The van der Waals surface area contributed by atoms with Gasteiger partial charge in [-0.1, -0.05) is 27.7 Å². The Morgan fingerprint density at radius 1 is 1.11 bits per heavy atom. The van der Waals surface area contributed by atoms with E-state index in [1.165, 1.54) is 6.07 Å². The van der Waals surface area contributed by atoms with E-state index in [-0.39, 0.29) is 17.8 Å². The molecule has 3 aromatic rings. The molecule has 3 heterocycles. The topological polar surface area (TPSA) is 102 Å². The molecule has 0 amide bonds. The molecular formula is C18H26N8O. The maximum atomic E-state index is 7.14. The highest BCUT2D eigenvalue weighted by molar-refractivity contribution is 5.74. The Kier molecular flexibility index (Phi) is 4.57. The van der Waals surface area contributed by atoms with Crippen LogP contribution in [0.4, 0.5) is 17.3 Å².